The van der Waals surface area contributed by atoms with Gasteiger partial charge in [0.15, 0.2) is 6.29 Å². The number of methoxy groups -OCH3 is 2. The molecule has 2 aliphatic rings. The standard InChI is InChI=1S/C13H22O4S/c1-16-13(17-2)8-12(14)9-6-10-4-3-5-11(7-9)18(10)15/h9-11,13H,3-8H2,1-2H3. The van der Waals surface area contributed by atoms with Gasteiger partial charge in [-0.3, -0.25) is 9.00 Å². The van der Waals surface area contributed by atoms with Gasteiger partial charge in [-0.2, -0.15) is 0 Å². The predicted molar refractivity (Wildman–Crippen MR) is 69.7 cm³/mol. The van der Waals surface area contributed by atoms with E-state index in [2.05, 4.69) is 0 Å². The number of hydrogen-bond acceptors (Lipinski definition) is 4. The Labute approximate surface area is 111 Å². The van der Waals surface area contributed by atoms with E-state index in [1.54, 1.807) is 14.2 Å². The third-order valence-electron chi connectivity index (χ3n) is 4.15. The van der Waals surface area contributed by atoms with Crippen molar-refractivity contribution in [2.75, 3.05) is 14.2 Å². The van der Waals surface area contributed by atoms with Crippen LogP contribution in [0.1, 0.15) is 38.5 Å². The maximum atomic E-state index is 12.2. The Kier molecular flexibility index (Phi) is 4.92. The van der Waals surface area contributed by atoms with Crippen LogP contribution in [0.15, 0.2) is 0 Å². The fraction of sp³-hybridized carbons (Fsp3) is 0.923. The van der Waals surface area contributed by atoms with Crippen LogP contribution in [0, 0.1) is 5.92 Å². The molecular weight excluding hydrogens is 252 g/mol. The van der Waals surface area contributed by atoms with E-state index in [0.29, 0.717) is 6.42 Å². The van der Waals surface area contributed by atoms with Crippen molar-refractivity contribution < 1.29 is 18.5 Å². The summed E-state index contributed by atoms with van der Waals surface area (Å²) in [6, 6.07) is 0. The summed E-state index contributed by atoms with van der Waals surface area (Å²) < 4.78 is 22.2. The zero-order valence-corrected chi connectivity index (χ0v) is 11.9. The number of ketones is 1. The number of hydrogen-bond donors (Lipinski definition) is 0. The van der Waals surface area contributed by atoms with Crippen LogP contribution in [0.3, 0.4) is 0 Å². The molecule has 0 saturated carbocycles. The van der Waals surface area contributed by atoms with Crippen molar-refractivity contribution in [3.8, 4) is 0 Å². The molecule has 2 rings (SSSR count). The van der Waals surface area contributed by atoms with Gasteiger partial charge in [0.25, 0.3) is 0 Å². The van der Waals surface area contributed by atoms with Crippen molar-refractivity contribution in [2.24, 2.45) is 5.92 Å². The minimum Gasteiger partial charge on any atom is -0.355 e. The van der Waals surface area contributed by atoms with Gasteiger partial charge in [-0.1, -0.05) is 6.42 Å². The van der Waals surface area contributed by atoms with E-state index in [0.717, 1.165) is 25.7 Å². The number of rotatable bonds is 5. The summed E-state index contributed by atoms with van der Waals surface area (Å²) in [5.41, 5.74) is 0. The summed E-state index contributed by atoms with van der Waals surface area (Å²) in [5.74, 6) is 0.267. The summed E-state index contributed by atoms with van der Waals surface area (Å²) in [6.07, 6.45) is 4.66. The largest absolute Gasteiger partial charge is 0.355 e. The van der Waals surface area contributed by atoms with Crippen molar-refractivity contribution in [1.82, 2.24) is 0 Å². The topological polar surface area (TPSA) is 52.6 Å². The van der Waals surface area contributed by atoms with Crippen LogP contribution in [0.4, 0.5) is 0 Å². The van der Waals surface area contributed by atoms with Crippen LogP contribution in [-0.4, -0.2) is 41.0 Å². The van der Waals surface area contributed by atoms with Gasteiger partial charge in [-0.15, -0.1) is 0 Å². The molecule has 104 valence electrons. The van der Waals surface area contributed by atoms with E-state index >= 15 is 0 Å². The Hall–Kier alpha value is -0.260. The predicted octanol–water partition coefficient (Wildman–Crippen LogP) is 1.64. The van der Waals surface area contributed by atoms with Crippen LogP contribution in [0.2, 0.25) is 0 Å². The van der Waals surface area contributed by atoms with Gasteiger partial charge in [0.1, 0.15) is 5.78 Å². The molecule has 0 N–H and O–H groups in total. The van der Waals surface area contributed by atoms with Crippen LogP contribution in [-0.2, 0) is 25.1 Å². The summed E-state index contributed by atoms with van der Waals surface area (Å²) in [5, 5.41) is 0.491. The van der Waals surface area contributed by atoms with E-state index in [-0.39, 0.29) is 22.2 Å². The van der Waals surface area contributed by atoms with E-state index < -0.39 is 17.1 Å². The molecule has 2 atom stereocenters. The fourth-order valence-electron chi connectivity index (χ4n) is 3.09. The first-order chi connectivity index (χ1) is 8.65. The fourth-order valence-corrected chi connectivity index (χ4v) is 5.28. The van der Waals surface area contributed by atoms with E-state index in [4.69, 9.17) is 9.47 Å². The summed E-state index contributed by atoms with van der Waals surface area (Å²) >= 11 is 0. The number of fused-ring (bicyclic) bond motifs is 2. The second-order valence-electron chi connectivity index (χ2n) is 5.24. The van der Waals surface area contributed by atoms with Crippen LogP contribution >= 0.6 is 0 Å². The smallest absolute Gasteiger partial charge is 0.163 e. The zero-order chi connectivity index (χ0) is 13.1. The molecule has 5 heteroatoms. The molecule has 4 nitrogen and oxygen atoms in total. The van der Waals surface area contributed by atoms with Gasteiger partial charge < -0.3 is 9.47 Å². The third kappa shape index (κ3) is 3.00. The van der Waals surface area contributed by atoms with Crippen LogP contribution in [0.25, 0.3) is 0 Å². The molecular formula is C13H22O4S. The van der Waals surface area contributed by atoms with Gasteiger partial charge in [0, 0.05) is 41.4 Å². The maximum Gasteiger partial charge on any atom is 0.163 e. The second kappa shape index (κ2) is 6.26. The van der Waals surface area contributed by atoms with E-state index in [1.165, 1.54) is 6.42 Å². The summed E-state index contributed by atoms with van der Waals surface area (Å²) in [7, 11) is 2.39. The summed E-state index contributed by atoms with van der Waals surface area (Å²) in [6.45, 7) is 0. The van der Waals surface area contributed by atoms with E-state index in [9.17, 15) is 9.00 Å². The highest BCUT2D eigenvalue weighted by atomic mass is 32.2. The lowest BCUT2D eigenvalue weighted by atomic mass is 9.85. The van der Waals surface area contributed by atoms with Gasteiger partial charge in [0.2, 0.25) is 0 Å². The Bertz CT molecular complexity index is 311. The molecule has 0 spiro atoms. The van der Waals surface area contributed by atoms with Crippen LogP contribution < -0.4 is 0 Å². The third-order valence-corrected chi connectivity index (χ3v) is 6.32. The highest BCUT2D eigenvalue weighted by Crippen LogP contribution is 2.37. The number of carbonyl (C=O) groups excluding carboxylic acids is 1. The monoisotopic (exact) mass is 274 g/mol. The lowest BCUT2D eigenvalue weighted by Crippen LogP contribution is -2.42. The lowest BCUT2D eigenvalue weighted by Gasteiger charge is -2.37. The molecule has 0 amide bonds. The minimum atomic E-state index is -0.704. The van der Waals surface area contributed by atoms with Gasteiger partial charge in [-0.05, 0) is 25.7 Å². The van der Waals surface area contributed by atoms with Crippen molar-refractivity contribution in [1.29, 1.82) is 0 Å². The Balaban J connectivity index is 1.94. The molecule has 2 unspecified atom stereocenters. The average Bonchev–Trinajstić information content (AvgIpc) is 2.35. The lowest BCUT2D eigenvalue weighted by molar-refractivity contribution is -0.141. The van der Waals surface area contributed by atoms with Crippen LogP contribution in [0.5, 0.6) is 0 Å². The molecule has 18 heavy (non-hydrogen) atoms. The van der Waals surface area contributed by atoms with E-state index in [1.807, 2.05) is 0 Å². The SMILES string of the molecule is COC(CC(=O)C1CC2CCCC(C1)S2=O)OC. The summed E-state index contributed by atoms with van der Waals surface area (Å²) in [4.78, 5) is 12.2. The first-order valence-corrected chi connectivity index (χ1v) is 7.91. The zero-order valence-electron chi connectivity index (χ0n) is 11.1. The first kappa shape index (κ1) is 14.2. The highest BCUT2D eigenvalue weighted by Gasteiger charge is 2.40. The Morgan fingerprint density at radius 1 is 1.22 bits per heavy atom. The molecule has 0 radical (unpaired) electrons. The van der Waals surface area contributed by atoms with Crippen molar-refractivity contribution in [3.05, 3.63) is 0 Å². The molecule has 0 aliphatic carbocycles. The number of Topliss-reactive ketones (excluding diaryl/α,β-unsaturated/α-hetero) is 1. The quantitative estimate of drug-likeness (QED) is 0.715. The maximum absolute atomic E-state index is 12.2. The average molecular weight is 274 g/mol. The molecule has 2 aliphatic heterocycles. The van der Waals surface area contributed by atoms with Crippen molar-refractivity contribution >= 4 is 16.6 Å². The number of carbonyl (C=O) groups is 1. The van der Waals surface area contributed by atoms with Crippen molar-refractivity contribution in [3.63, 3.8) is 0 Å². The molecule has 0 aromatic heterocycles. The van der Waals surface area contributed by atoms with Gasteiger partial charge >= 0.3 is 0 Å². The van der Waals surface area contributed by atoms with Gasteiger partial charge in [-0.25, -0.2) is 0 Å². The van der Waals surface area contributed by atoms with Crippen molar-refractivity contribution in [2.45, 2.75) is 55.3 Å². The Morgan fingerprint density at radius 3 is 2.28 bits per heavy atom. The second-order valence-corrected chi connectivity index (χ2v) is 7.23. The normalized spacial score (nSPS) is 35.7. The molecule has 0 aromatic rings. The molecule has 2 bridgehead atoms. The number of ether oxygens (including phenoxy) is 2. The minimum absolute atomic E-state index is 0.0609. The Morgan fingerprint density at radius 2 is 1.78 bits per heavy atom. The highest BCUT2D eigenvalue weighted by molar-refractivity contribution is 7.86. The first-order valence-electron chi connectivity index (χ1n) is 6.63. The molecule has 0 aromatic carbocycles. The molecule has 2 heterocycles. The molecule has 2 fully saturated rings. The molecule has 2 saturated heterocycles. The van der Waals surface area contributed by atoms with Gasteiger partial charge in [0.05, 0.1) is 6.42 Å².